The van der Waals surface area contributed by atoms with Crippen LogP contribution in [0.1, 0.15) is 16.7 Å². The maximum atomic E-state index is 12.9. The molecule has 1 aliphatic heterocycles. The molecular formula is C27H22N2O2S2. The molecule has 1 amide bonds. The molecule has 1 atom stereocenters. The van der Waals surface area contributed by atoms with Crippen LogP contribution in [-0.2, 0) is 24.4 Å². The van der Waals surface area contributed by atoms with Crippen LogP contribution in [0.15, 0.2) is 91.3 Å². The number of hydrogen-bond donors (Lipinski definition) is 0. The number of amides is 1. The van der Waals surface area contributed by atoms with Gasteiger partial charge in [-0.1, -0.05) is 84.6 Å². The minimum atomic E-state index is -0.198. The van der Waals surface area contributed by atoms with Crippen LogP contribution in [0.2, 0.25) is 0 Å². The van der Waals surface area contributed by atoms with E-state index in [2.05, 4.69) is 35.3 Å². The number of aromatic nitrogens is 1. The van der Waals surface area contributed by atoms with Crippen LogP contribution >= 0.6 is 24.0 Å². The van der Waals surface area contributed by atoms with E-state index in [1.54, 1.807) is 17.3 Å². The van der Waals surface area contributed by atoms with E-state index < -0.39 is 0 Å². The lowest BCUT2D eigenvalue weighted by molar-refractivity contribution is -0.126. The zero-order valence-corrected chi connectivity index (χ0v) is 19.5. The van der Waals surface area contributed by atoms with E-state index in [9.17, 15) is 4.79 Å². The third-order valence-corrected chi connectivity index (χ3v) is 7.27. The standard InChI is InChI=1S/C27H22N2O2S2/c30-26-25(33-27(32)29(26)17-20-5-4-14-28-16-20)15-19-10-12-23(13-11-19)31-18-22-8-3-7-21-6-1-2-9-24(21)22/h1-14,16,25H,15,17-18H2/t25-/m0/s1. The first kappa shape index (κ1) is 21.6. The van der Waals surface area contributed by atoms with Crippen LogP contribution in [0.3, 0.4) is 0 Å². The molecule has 0 radical (unpaired) electrons. The molecule has 4 nitrogen and oxygen atoms in total. The van der Waals surface area contributed by atoms with Gasteiger partial charge in [0.05, 0.1) is 11.8 Å². The van der Waals surface area contributed by atoms with Crippen molar-refractivity contribution in [1.29, 1.82) is 0 Å². The molecule has 1 aromatic heterocycles. The minimum Gasteiger partial charge on any atom is -0.489 e. The van der Waals surface area contributed by atoms with Crippen LogP contribution < -0.4 is 4.74 Å². The van der Waals surface area contributed by atoms with Gasteiger partial charge in [0, 0.05) is 12.4 Å². The van der Waals surface area contributed by atoms with Gasteiger partial charge in [-0.2, -0.15) is 0 Å². The zero-order chi connectivity index (χ0) is 22.6. The topological polar surface area (TPSA) is 42.4 Å². The fourth-order valence-corrected chi connectivity index (χ4v) is 5.49. The molecule has 1 aliphatic rings. The number of carbonyl (C=O) groups excluding carboxylic acids is 1. The molecule has 0 saturated carbocycles. The van der Waals surface area contributed by atoms with Crippen LogP contribution in [0.4, 0.5) is 0 Å². The molecule has 0 spiro atoms. The summed E-state index contributed by atoms with van der Waals surface area (Å²) >= 11 is 6.94. The number of fused-ring (bicyclic) bond motifs is 1. The summed E-state index contributed by atoms with van der Waals surface area (Å²) in [5.74, 6) is 0.871. The maximum Gasteiger partial charge on any atom is 0.242 e. The molecule has 5 rings (SSSR count). The highest BCUT2D eigenvalue weighted by molar-refractivity contribution is 8.24. The van der Waals surface area contributed by atoms with Gasteiger partial charge in [0.2, 0.25) is 5.91 Å². The van der Waals surface area contributed by atoms with Crippen molar-refractivity contribution in [2.75, 3.05) is 0 Å². The first-order chi connectivity index (χ1) is 16.2. The highest BCUT2D eigenvalue weighted by Crippen LogP contribution is 2.31. The van der Waals surface area contributed by atoms with E-state index in [0.717, 1.165) is 22.4 Å². The Hall–Kier alpha value is -3.22. The SMILES string of the molecule is O=C1[C@H](Cc2ccc(OCc3cccc4ccccc34)cc2)SC(=S)N1Cc1cccnc1. The second kappa shape index (κ2) is 9.73. The maximum absolute atomic E-state index is 12.9. The van der Waals surface area contributed by atoms with E-state index in [1.807, 2.05) is 48.5 Å². The Balaban J connectivity index is 1.20. The molecule has 164 valence electrons. The molecule has 3 aromatic carbocycles. The zero-order valence-electron chi connectivity index (χ0n) is 17.9. The van der Waals surface area contributed by atoms with Gasteiger partial charge in [-0.3, -0.25) is 14.7 Å². The van der Waals surface area contributed by atoms with E-state index in [4.69, 9.17) is 17.0 Å². The Bertz CT molecular complexity index is 1290. The van der Waals surface area contributed by atoms with E-state index in [-0.39, 0.29) is 11.2 Å². The lowest BCUT2D eigenvalue weighted by Crippen LogP contribution is -2.31. The van der Waals surface area contributed by atoms with Crippen molar-refractivity contribution < 1.29 is 9.53 Å². The van der Waals surface area contributed by atoms with Gasteiger partial charge in [0.1, 0.15) is 16.7 Å². The van der Waals surface area contributed by atoms with Crippen molar-refractivity contribution in [3.63, 3.8) is 0 Å². The Morgan fingerprint density at radius 1 is 0.939 bits per heavy atom. The number of carbonyl (C=O) groups is 1. The van der Waals surface area contributed by atoms with E-state index in [1.165, 1.54) is 22.5 Å². The smallest absolute Gasteiger partial charge is 0.242 e. The molecule has 1 saturated heterocycles. The number of ether oxygens (including phenoxy) is 1. The molecule has 0 aliphatic carbocycles. The summed E-state index contributed by atoms with van der Waals surface area (Å²) in [5.41, 5.74) is 3.22. The van der Waals surface area contributed by atoms with Crippen molar-refractivity contribution in [2.24, 2.45) is 0 Å². The highest BCUT2D eigenvalue weighted by atomic mass is 32.2. The lowest BCUT2D eigenvalue weighted by Gasteiger charge is -2.15. The van der Waals surface area contributed by atoms with Crippen LogP contribution in [0.25, 0.3) is 10.8 Å². The van der Waals surface area contributed by atoms with Crippen molar-refractivity contribution in [1.82, 2.24) is 9.88 Å². The van der Waals surface area contributed by atoms with Gasteiger partial charge in [0.25, 0.3) is 0 Å². The second-order valence-corrected chi connectivity index (χ2v) is 9.77. The molecule has 0 unspecified atom stereocenters. The molecule has 0 N–H and O–H groups in total. The molecule has 4 aromatic rings. The second-order valence-electron chi connectivity index (χ2n) is 7.93. The Morgan fingerprint density at radius 2 is 1.76 bits per heavy atom. The third-order valence-electron chi connectivity index (χ3n) is 5.69. The predicted octanol–water partition coefficient (Wildman–Crippen LogP) is 5.79. The monoisotopic (exact) mass is 470 g/mol. The number of rotatable bonds is 7. The minimum absolute atomic E-state index is 0.0603. The molecular weight excluding hydrogens is 448 g/mol. The van der Waals surface area contributed by atoms with Crippen molar-refractivity contribution in [3.8, 4) is 5.75 Å². The summed E-state index contributed by atoms with van der Waals surface area (Å²) in [6.07, 6.45) is 4.13. The van der Waals surface area contributed by atoms with Gasteiger partial charge >= 0.3 is 0 Å². The number of thioether (sulfide) groups is 1. The fourth-order valence-electron chi connectivity index (χ4n) is 3.96. The Kier molecular flexibility index (Phi) is 6.37. The summed E-state index contributed by atoms with van der Waals surface area (Å²) in [6.45, 7) is 0.977. The van der Waals surface area contributed by atoms with Gasteiger partial charge in [0.15, 0.2) is 0 Å². The normalized spacial score (nSPS) is 15.9. The van der Waals surface area contributed by atoms with E-state index >= 15 is 0 Å². The van der Waals surface area contributed by atoms with Crippen LogP contribution in [-0.4, -0.2) is 25.4 Å². The molecule has 1 fully saturated rings. The molecule has 2 heterocycles. The summed E-state index contributed by atoms with van der Waals surface area (Å²) < 4.78 is 6.67. The number of thiocarbonyl (C=S) groups is 1. The molecule has 0 bridgehead atoms. The van der Waals surface area contributed by atoms with Gasteiger partial charge in [-0.05, 0) is 52.1 Å². The fraction of sp³-hybridized carbons (Fsp3) is 0.148. The average Bonchev–Trinajstić information content (AvgIpc) is 3.11. The number of nitrogens with zero attached hydrogens (tertiary/aromatic N) is 2. The van der Waals surface area contributed by atoms with Gasteiger partial charge < -0.3 is 4.74 Å². The Labute approximate surface area is 202 Å². The first-order valence-corrected chi connectivity index (χ1v) is 12.1. The van der Waals surface area contributed by atoms with Crippen LogP contribution in [0.5, 0.6) is 5.75 Å². The molecule has 6 heteroatoms. The molecule has 33 heavy (non-hydrogen) atoms. The summed E-state index contributed by atoms with van der Waals surface area (Å²) in [5, 5.41) is 2.22. The summed E-state index contributed by atoms with van der Waals surface area (Å²) in [4.78, 5) is 18.7. The average molecular weight is 471 g/mol. The van der Waals surface area contributed by atoms with Crippen molar-refractivity contribution in [2.45, 2.75) is 24.8 Å². The highest BCUT2D eigenvalue weighted by Gasteiger charge is 2.36. The van der Waals surface area contributed by atoms with Crippen LogP contribution in [0, 0.1) is 0 Å². The third kappa shape index (κ3) is 4.92. The van der Waals surface area contributed by atoms with Crippen molar-refractivity contribution in [3.05, 3.63) is 108 Å². The van der Waals surface area contributed by atoms with E-state index in [0.29, 0.717) is 23.9 Å². The number of benzene rings is 3. The number of pyridine rings is 1. The lowest BCUT2D eigenvalue weighted by atomic mass is 10.1. The quantitative estimate of drug-likeness (QED) is 0.320. The predicted molar refractivity (Wildman–Crippen MR) is 137 cm³/mol. The largest absolute Gasteiger partial charge is 0.489 e. The summed E-state index contributed by atoms with van der Waals surface area (Å²) in [7, 11) is 0. The van der Waals surface area contributed by atoms with Gasteiger partial charge in [-0.15, -0.1) is 0 Å². The van der Waals surface area contributed by atoms with Crippen molar-refractivity contribution >= 4 is 45.0 Å². The Morgan fingerprint density at radius 3 is 2.58 bits per heavy atom. The van der Waals surface area contributed by atoms with Gasteiger partial charge in [-0.25, -0.2) is 0 Å². The number of hydrogen-bond acceptors (Lipinski definition) is 5. The first-order valence-electron chi connectivity index (χ1n) is 10.8. The summed E-state index contributed by atoms with van der Waals surface area (Å²) in [6, 6.07) is 26.4.